The van der Waals surface area contributed by atoms with Crippen molar-refractivity contribution in [2.24, 2.45) is 5.92 Å². The maximum atomic E-state index is 11.8. The van der Waals surface area contributed by atoms with Gasteiger partial charge in [-0.2, -0.15) is 0 Å². The van der Waals surface area contributed by atoms with Gasteiger partial charge in [-0.05, 0) is 29.3 Å². The second-order valence-electron chi connectivity index (χ2n) is 9.89. The average Bonchev–Trinajstić information content (AvgIpc) is 2.95. The molecule has 0 aliphatic carbocycles. The van der Waals surface area contributed by atoms with Gasteiger partial charge in [0, 0.05) is 37.7 Å². The molecule has 7 nitrogen and oxygen atoms in total. The van der Waals surface area contributed by atoms with Crippen molar-refractivity contribution in [3.8, 4) is 5.75 Å². The first-order valence-electron chi connectivity index (χ1n) is 13.0. The van der Waals surface area contributed by atoms with E-state index >= 15 is 0 Å². The molecule has 0 aromatic heterocycles. The number of carbonyl (C=O) groups excluding carboxylic acids is 1. The molecular weight excluding hydrogens is 482 g/mol. The zero-order valence-electron chi connectivity index (χ0n) is 22.1. The Labute approximate surface area is 224 Å². The number of anilines is 1. The van der Waals surface area contributed by atoms with Crippen LogP contribution in [0.15, 0.2) is 78.9 Å². The number of carbonyl (C=O) groups is 1. The lowest BCUT2D eigenvalue weighted by Gasteiger charge is -2.50. The smallest absolute Gasteiger partial charge is 0.302 e. The van der Waals surface area contributed by atoms with E-state index in [-0.39, 0.29) is 30.7 Å². The number of esters is 1. The normalized spacial score (nSPS) is 24.3. The van der Waals surface area contributed by atoms with E-state index in [1.165, 1.54) is 6.92 Å². The molecule has 2 heterocycles. The summed E-state index contributed by atoms with van der Waals surface area (Å²) in [5, 5.41) is 0. The lowest BCUT2D eigenvalue weighted by molar-refractivity contribution is -0.245. The molecule has 0 radical (unpaired) electrons. The summed E-state index contributed by atoms with van der Waals surface area (Å²) < 4.78 is 31.0. The molecule has 3 aromatic carbocycles. The van der Waals surface area contributed by atoms with Crippen LogP contribution >= 0.6 is 0 Å². The Bertz CT molecular complexity index is 1200. The summed E-state index contributed by atoms with van der Waals surface area (Å²) in [4.78, 5) is 14.0. The molecule has 7 heteroatoms. The Morgan fingerprint density at radius 1 is 0.921 bits per heavy atom. The summed E-state index contributed by atoms with van der Waals surface area (Å²) >= 11 is 0. The summed E-state index contributed by atoms with van der Waals surface area (Å²) in [6.07, 6.45) is -1.53. The molecule has 0 unspecified atom stereocenters. The van der Waals surface area contributed by atoms with Crippen LogP contribution in [0.4, 0.5) is 5.69 Å². The SMILES string of the molecule is COc1ccc2c(c1)[C@H]1O[C@H](COC(C)=O)[C@@H](OCc3ccccc3)[C@H](OCc3ccccc3)[C@H]1CN2C. The van der Waals surface area contributed by atoms with Gasteiger partial charge in [-0.3, -0.25) is 4.79 Å². The van der Waals surface area contributed by atoms with Crippen LogP contribution in [0.1, 0.15) is 29.7 Å². The first kappa shape index (κ1) is 26.2. The molecule has 2 aliphatic rings. The third-order valence-corrected chi connectivity index (χ3v) is 7.28. The van der Waals surface area contributed by atoms with Crippen LogP contribution in [-0.4, -0.2) is 51.6 Å². The van der Waals surface area contributed by atoms with Crippen molar-refractivity contribution in [1.82, 2.24) is 0 Å². The molecule has 3 aromatic rings. The van der Waals surface area contributed by atoms with E-state index in [0.29, 0.717) is 13.2 Å². The fourth-order valence-corrected chi connectivity index (χ4v) is 5.43. The minimum Gasteiger partial charge on any atom is -0.497 e. The van der Waals surface area contributed by atoms with Gasteiger partial charge in [0.15, 0.2) is 0 Å². The van der Waals surface area contributed by atoms with E-state index in [1.807, 2.05) is 60.7 Å². The van der Waals surface area contributed by atoms with E-state index < -0.39 is 12.2 Å². The quantitative estimate of drug-likeness (QED) is 0.373. The minimum atomic E-state index is -0.507. The van der Waals surface area contributed by atoms with Crippen molar-refractivity contribution >= 4 is 11.7 Å². The van der Waals surface area contributed by atoms with Gasteiger partial charge in [-0.25, -0.2) is 0 Å². The van der Waals surface area contributed by atoms with E-state index in [9.17, 15) is 4.79 Å². The zero-order valence-corrected chi connectivity index (χ0v) is 22.1. The van der Waals surface area contributed by atoms with Crippen LogP contribution in [0.2, 0.25) is 0 Å². The summed E-state index contributed by atoms with van der Waals surface area (Å²) in [6, 6.07) is 26.2. The lowest BCUT2D eigenvalue weighted by Crippen LogP contribution is -2.58. The fourth-order valence-electron chi connectivity index (χ4n) is 5.43. The van der Waals surface area contributed by atoms with E-state index in [0.717, 1.165) is 34.7 Å². The molecule has 1 fully saturated rings. The molecule has 0 bridgehead atoms. The highest BCUT2D eigenvalue weighted by atomic mass is 16.6. The van der Waals surface area contributed by atoms with E-state index in [4.69, 9.17) is 23.7 Å². The molecule has 1 saturated heterocycles. The predicted molar refractivity (Wildman–Crippen MR) is 144 cm³/mol. The van der Waals surface area contributed by atoms with Crippen LogP contribution in [-0.2, 0) is 37.0 Å². The second kappa shape index (κ2) is 12.0. The Morgan fingerprint density at radius 2 is 1.55 bits per heavy atom. The third kappa shape index (κ3) is 5.85. The fraction of sp³-hybridized carbons (Fsp3) is 0.387. The number of ether oxygens (including phenoxy) is 5. The predicted octanol–water partition coefficient (Wildman–Crippen LogP) is 4.94. The van der Waals surface area contributed by atoms with Crippen LogP contribution in [0.5, 0.6) is 5.75 Å². The molecule has 0 N–H and O–H groups in total. The van der Waals surface area contributed by atoms with Gasteiger partial charge in [0.25, 0.3) is 0 Å². The Balaban J connectivity index is 1.50. The molecule has 200 valence electrons. The Morgan fingerprint density at radius 3 is 2.16 bits per heavy atom. The van der Waals surface area contributed by atoms with Crippen molar-refractivity contribution in [3.05, 3.63) is 95.6 Å². The molecule has 5 rings (SSSR count). The second-order valence-corrected chi connectivity index (χ2v) is 9.89. The molecule has 5 atom stereocenters. The van der Waals surface area contributed by atoms with Gasteiger partial charge in [0.05, 0.1) is 32.5 Å². The number of methoxy groups -OCH3 is 1. The van der Waals surface area contributed by atoms with Crippen molar-refractivity contribution in [1.29, 1.82) is 0 Å². The van der Waals surface area contributed by atoms with Gasteiger partial charge >= 0.3 is 5.97 Å². The van der Waals surface area contributed by atoms with Crippen molar-refractivity contribution < 1.29 is 28.5 Å². The highest BCUT2D eigenvalue weighted by Gasteiger charge is 2.51. The lowest BCUT2D eigenvalue weighted by atomic mass is 9.79. The standard InChI is InChI=1S/C31H35NO6/c1-21(33)35-20-28-31(37-19-23-12-8-5-9-13-23)30(36-18-22-10-6-4-7-11-22)26-17-32(2)27-15-14-24(34-3)16-25(27)29(26)38-28/h4-16,26,28-31H,17-20H2,1-3H3/t26-,28+,29+,30+,31+/m0/s1. The zero-order chi connectivity index (χ0) is 26.5. The van der Waals surface area contributed by atoms with Crippen LogP contribution in [0, 0.1) is 5.92 Å². The monoisotopic (exact) mass is 517 g/mol. The van der Waals surface area contributed by atoms with E-state index in [1.54, 1.807) is 7.11 Å². The van der Waals surface area contributed by atoms with Gasteiger partial charge in [-0.1, -0.05) is 60.7 Å². The van der Waals surface area contributed by atoms with Crippen LogP contribution < -0.4 is 9.64 Å². The van der Waals surface area contributed by atoms with Crippen LogP contribution in [0.3, 0.4) is 0 Å². The highest BCUT2D eigenvalue weighted by Crippen LogP contribution is 2.47. The maximum Gasteiger partial charge on any atom is 0.302 e. The minimum absolute atomic E-state index is 0.0160. The van der Waals surface area contributed by atoms with Gasteiger partial charge in [0.1, 0.15) is 24.6 Å². The third-order valence-electron chi connectivity index (χ3n) is 7.28. The largest absolute Gasteiger partial charge is 0.497 e. The molecule has 2 aliphatic heterocycles. The molecular formula is C31H35NO6. The summed E-state index contributed by atoms with van der Waals surface area (Å²) in [6.45, 7) is 3.06. The summed E-state index contributed by atoms with van der Waals surface area (Å²) in [5.74, 6) is 0.393. The Kier molecular flexibility index (Phi) is 8.27. The van der Waals surface area contributed by atoms with Gasteiger partial charge < -0.3 is 28.6 Å². The summed E-state index contributed by atoms with van der Waals surface area (Å²) in [7, 11) is 3.75. The molecule has 0 spiro atoms. The average molecular weight is 518 g/mol. The molecule has 0 amide bonds. The topological polar surface area (TPSA) is 66.5 Å². The summed E-state index contributed by atoms with van der Waals surface area (Å²) in [5.41, 5.74) is 4.26. The van der Waals surface area contributed by atoms with Crippen LogP contribution in [0.25, 0.3) is 0 Å². The van der Waals surface area contributed by atoms with Gasteiger partial charge in [0.2, 0.25) is 0 Å². The van der Waals surface area contributed by atoms with E-state index in [2.05, 4.69) is 30.1 Å². The number of nitrogens with zero attached hydrogens (tertiary/aromatic N) is 1. The number of hydrogen-bond acceptors (Lipinski definition) is 7. The van der Waals surface area contributed by atoms with Gasteiger partial charge in [-0.15, -0.1) is 0 Å². The highest BCUT2D eigenvalue weighted by molar-refractivity contribution is 5.66. The Hall–Kier alpha value is -3.39. The van der Waals surface area contributed by atoms with Crippen molar-refractivity contribution in [2.75, 3.05) is 32.2 Å². The number of benzene rings is 3. The maximum absolute atomic E-state index is 11.8. The number of hydrogen-bond donors (Lipinski definition) is 0. The van der Waals surface area contributed by atoms with Crippen molar-refractivity contribution in [3.63, 3.8) is 0 Å². The van der Waals surface area contributed by atoms with Crippen molar-refractivity contribution in [2.45, 2.75) is 44.6 Å². The number of rotatable bonds is 9. The first-order chi connectivity index (χ1) is 18.5. The first-order valence-corrected chi connectivity index (χ1v) is 13.0. The molecule has 38 heavy (non-hydrogen) atoms. The number of fused-ring (bicyclic) bond motifs is 3. The molecule has 0 saturated carbocycles.